The molecule has 2 aliphatic rings. The van der Waals surface area contributed by atoms with Gasteiger partial charge in [-0.1, -0.05) is 32.0 Å². The molecule has 1 atom stereocenters. The molecule has 4 rings (SSSR count). The van der Waals surface area contributed by atoms with Gasteiger partial charge in [-0.3, -0.25) is 4.79 Å². The summed E-state index contributed by atoms with van der Waals surface area (Å²) in [5.74, 6) is 0.557. The van der Waals surface area contributed by atoms with E-state index in [9.17, 15) is 18.3 Å². The van der Waals surface area contributed by atoms with E-state index in [4.69, 9.17) is 10.5 Å². The molecule has 0 saturated carbocycles. The highest BCUT2D eigenvalue weighted by molar-refractivity contribution is 7.89. The number of methoxy groups -OCH3 is 1. The topological polar surface area (TPSA) is 126 Å². The number of ether oxygens (including phenoxy) is 1. The first kappa shape index (κ1) is 27.8. The summed E-state index contributed by atoms with van der Waals surface area (Å²) in [5, 5.41) is 9.87. The first-order valence-corrected chi connectivity index (χ1v) is 14.5. The van der Waals surface area contributed by atoms with Gasteiger partial charge in [-0.15, -0.1) is 0 Å². The Bertz CT molecular complexity index is 1360. The van der Waals surface area contributed by atoms with Crippen LogP contribution in [0.2, 0.25) is 0 Å². The van der Waals surface area contributed by atoms with Gasteiger partial charge in [0.25, 0.3) is 0 Å². The fourth-order valence-corrected chi connectivity index (χ4v) is 6.57. The minimum atomic E-state index is -3.86. The third kappa shape index (κ3) is 5.77. The average Bonchev–Trinajstić information content (AvgIpc) is 3.27. The monoisotopic (exact) mass is 540 g/mol. The number of rotatable bonds is 9. The molecule has 0 spiro atoms. The molecule has 0 bridgehead atoms. The summed E-state index contributed by atoms with van der Waals surface area (Å²) in [6.07, 6.45) is 3.59. The van der Waals surface area contributed by atoms with Crippen molar-refractivity contribution >= 4 is 33.5 Å². The highest BCUT2D eigenvalue weighted by atomic mass is 32.2. The van der Waals surface area contributed by atoms with Gasteiger partial charge in [-0.2, -0.15) is 4.31 Å². The molecule has 0 radical (unpaired) electrons. The Labute approximate surface area is 224 Å². The normalized spacial score (nSPS) is 17.8. The Morgan fingerprint density at radius 2 is 1.84 bits per heavy atom. The number of amidine groups is 1. The number of sulfonamides is 1. The molecule has 1 amide bonds. The highest BCUT2D eigenvalue weighted by Gasteiger charge is 2.34. The third-order valence-electron chi connectivity index (χ3n) is 6.79. The van der Waals surface area contributed by atoms with Gasteiger partial charge in [0.1, 0.15) is 16.5 Å². The predicted molar refractivity (Wildman–Crippen MR) is 149 cm³/mol. The first-order valence-electron chi connectivity index (χ1n) is 13.0. The number of carbonyl (C=O) groups is 1. The number of nitrogens with zero attached hydrogens (tertiary/aromatic N) is 3. The third-order valence-corrected chi connectivity index (χ3v) is 8.67. The second-order valence-electron chi connectivity index (χ2n) is 9.69. The maximum absolute atomic E-state index is 13.4. The summed E-state index contributed by atoms with van der Waals surface area (Å²) in [5.41, 5.74) is 9.64. The van der Waals surface area contributed by atoms with Crippen LogP contribution in [0.5, 0.6) is 5.75 Å². The van der Waals surface area contributed by atoms with Gasteiger partial charge in [-0.05, 0) is 54.7 Å². The van der Waals surface area contributed by atoms with Gasteiger partial charge in [0, 0.05) is 43.7 Å². The molecular formula is C28H36N4O5S. The number of hydrogen-bond acceptors (Lipinski definition) is 7. The van der Waals surface area contributed by atoms with Crippen molar-refractivity contribution in [2.45, 2.75) is 50.5 Å². The van der Waals surface area contributed by atoms with Gasteiger partial charge in [-0.25, -0.2) is 13.4 Å². The lowest BCUT2D eigenvalue weighted by Gasteiger charge is -2.22. The number of aliphatic imine (C=N–C) groups is 1. The number of aliphatic hydroxyl groups excluding tert-OH is 1. The Morgan fingerprint density at radius 1 is 1.16 bits per heavy atom. The molecular weight excluding hydrogens is 504 g/mol. The van der Waals surface area contributed by atoms with E-state index in [2.05, 4.69) is 4.99 Å². The molecule has 10 heteroatoms. The van der Waals surface area contributed by atoms with Crippen LogP contribution in [-0.2, 0) is 14.8 Å². The van der Waals surface area contributed by atoms with Crippen LogP contribution in [0.25, 0.3) is 17.2 Å². The zero-order valence-corrected chi connectivity index (χ0v) is 23.0. The van der Waals surface area contributed by atoms with Crippen LogP contribution in [0.1, 0.15) is 45.1 Å². The Hall–Kier alpha value is -3.21. The van der Waals surface area contributed by atoms with E-state index in [1.54, 1.807) is 18.2 Å². The summed E-state index contributed by atoms with van der Waals surface area (Å²) in [6, 6.07) is 10.6. The van der Waals surface area contributed by atoms with E-state index in [0.29, 0.717) is 42.2 Å². The lowest BCUT2D eigenvalue weighted by molar-refractivity contribution is -0.127. The Balaban J connectivity index is 1.71. The molecule has 2 aromatic rings. The second-order valence-corrected chi connectivity index (χ2v) is 11.6. The number of benzene rings is 2. The minimum absolute atomic E-state index is 0.0270. The molecule has 9 nitrogen and oxygen atoms in total. The number of fused-ring (bicyclic) bond motifs is 1. The van der Waals surface area contributed by atoms with Crippen molar-refractivity contribution in [3.63, 3.8) is 0 Å². The molecule has 0 unspecified atom stereocenters. The summed E-state index contributed by atoms with van der Waals surface area (Å²) in [7, 11) is -2.43. The SMILES string of the molecule is CCCN(CCC)C(=O)C1=Cc2ccc(-c3ccc(OC)c(S(=O)(=O)N4CC[C@@H](O)C4)c3)cc2N=C(N)C1. The van der Waals surface area contributed by atoms with Crippen molar-refractivity contribution in [3.05, 3.63) is 47.5 Å². The van der Waals surface area contributed by atoms with Crippen LogP contribution >= 0.6 is 0 Å². The van der Waals surface area contributed by atoms with E-state index < -0.39 is 16.1 Å². The van der Waals surface area contributed by atoms with Gasteiger partial charge < -0.3 is 20.5 Å². The summed E-state index contributed by atoms with van der Waals surface area (Å²) >= 11 is 0. The molecule has 2 aliphatic heterocycles. The molecule has 38 heavy (non-hydrogen) atoms. The Kier molecular flexibility index (Phi) is 8.54. The van der Waals surface area contributed by atoms with Crippen LogP contribution in [0.3, 0.4) is 0 Å². The van der Waals surface area contributed by atoms with Crippen LogP contribution in [0.15, 0.2) is 51.9 Å². The molecule has 1 fully saturated rings. The largest absolute Gasteiger partial charge is 0.495 e. The highest BCUT2D eigenvalue weighted by Crippen LogP contribution is 2.36. The average molecular weight is 541 g/mol. The van der Waals surface area contributed by atoms with Gasteiger partial charge in [0.05, 0.1) is 18.9 Å². The smallest absolute Gasteiger partial charge is 0.250 e. The number of carbonyl (C=O) groups excluding carboxylic acids is 1. The van der Waals surface area contributed by atoms with E-state index in [1.165, 1.54) is 11.4 Å². The van der Waals surface area contributed by atoms with Crippen molar-refractivity contribution in [2.24, 2.45) is 10.7 Å². The maximum atomic E-state index is 13.4. The van der Waals surface area contributed by atoms with E-state index in [0.717, 1.165) is 24.0 Å². The molecule has 204 valence electrons. The molecule has 1 saturated heterocycles. The predicted octanol–water partition coefficient (Wildman–Crippen LogP) is 3.54. The number of nitrogens with two attached hydrogens (primary N) is 1. The summed E-state index contributed by atoms with van der Waals surface area (Å²) in [6.45, 7) is 5.79. The van der Waals surface area contributed by atoms with E-state index in [1.807, 2.05) is 43.0 Å². The van der Waals surface area contributed by atoms with E-state index >= 15 is 0 Å². The number of amides is 1. The summed E-state index contributed by atoms with van der Waals surface area (Å²) < 4.78 is 33.4. The fraction of sp³-hybridized carbons (Fsp3) is 0.429. The van der Waals surface area contributed by atoms with Gasteiger partial charge in [0.2, 0.25) is 15.9 Å². The number of hydrogen-bond donors (Lipinski definition) is 2. The van der Waals surface area contributed by atoms with Crippen LogP contribution in [-0.4, -0.2) is 73.9 Å². The maximum Gasteiger partial charge on any atom is 0.250 e. The summed E-state index contributed by atoms with van der Waals surface area (Å²) in [4.78, 5) is 19.7. The van der Waals surface area contributed by atoms with Crippen LogP contribution < -0.4 is 10.5 Å². The zero-order valence-electron chi connectivity index (χ0n) is 22.2. The Morgan fingerprint density at radius 3 is 2.47 bits per heavy atom. The van der Waals surface area contributed by atoms with Gasteiger partial charge >= 0.3 is 0 Å². The molecule has 2 aromatic carbocycles. The standard InChI is InChI=1S/C28H36N4O5S/c1-4-11-31(12-5-2)28(34)22-14-21-7-6-19(15-24(21)30-27(29)17-22)20-8-9-25(37-3)26(16-20)38(35,36)32-13-10-23(33)18-32/h6-9,14-16,23,33H,4-5,10-13,17-18H2,1-3H3,(H2,29,30)/t23-/m1/s1. The van der Waals surface area contributed by atoms with Crippen LogP contribution in [0, 0.1) is 0 Å². The van der Waals surface area contributed by atoms with Crippen molar-refractivity contribution in [3.8, 4) is 16.9 Å². The first-order chi connectivity index (χ1) is 18.2. The van der Waals surface area contributed by atoms with Crippen molar-refractivity contribution in [2.75, 3.05) is 33.3 Å². The minimum Gasteiger partial charge on any atom is -0.495 e. The molecule has 2 heterocycles. The number of β-amino-alcohol motifs (C(OH)–C–C–N with tert-alkyl or cyclic N) is 1. The zero-order chi connectivity index (χ0) is 27.4. The quantitative estimate of drug-likeness (QED) is 0.501. The lowest BCUT2D eigenvalue weighted by Crippen LogP contribution is -2.34. The van der Waals surface area contributed by atoms with Crippen molar-refractivity contribution < 1.29 is 23.1 Å². The van der Waals surface area contributed by atoms with Crippen LogP contribution in [0.4, 0.5) is 5.69 Å². The fourth-order valence-electron chi connectivity index (χ4n) is 4.89. The lowest BCUT2D eigenvalue weighted by atomic mass is 10.0. The van der Waals surface area contributed by atoms with Crippen molar-refractivity contribution in [1.82, 2.24) is 9.21 Å². The molecule has 0 aromatic heterocycles. The second kappa shape index (κ2) is 11.7. The molecule has 0 aliphatic carbocycles. The van der Waals surface area contributed by atoms with Crippen molar-refractivity contribution in [1.29, 1.82) is 0 Å². The molecule has 3 N–H and O–H groups in total. The van der Waals surface area contributed by atoms with Gasteiger partial charge in [0.15, 0.2) is 0 Å². The number of aliphatic hydroxyl groups is 1. The van der Waals surface area contributed by atoms with E-state index in [-0.39, 0.29) is 36.1 Å².